The Kier molecular flexibility index (Phi) is 6.27. The van der Waals surface area contributed by atoms with E-state index in [4.69, 9.17) is 9.47 Å². The number of rotatable bonds is 5. The Morgan fingerprint density at radius 2 is 1.36 bits per heavy atom. The van der Waals surface area contributed by atoms with E-state index in [1.165, 1.54) is 0 Å². The average Bonchev–Trinajstić information content (AvgIpc) is 1.84. The van der Waals surface area contributed by atoms with Gasteiger partial charge in [0.05, 0.1) is 0 Å². The van der Waals surface area contributed by atoms with E-state index in [2.05, 4.69) is 16.3 Å². The third-order valence-electron chi connectivity index (χ3n) is 1.04. The Balaban J connectivity index is 3.58. The average molecular weight is 172 g/mol. The van der Waals surface area contributed by atoms with Crippen molar-refractivity contribution in [2.45, 2.75) is 51.5 Å². The van der Waals surface area contributed by atoms with Gasteiger partial charge < -0.3 is 0 Å². The van der Waals surface area contributed by atoms with Gasteiger partial charge in [0.15, 0.2) is 0 Å². The summed E-state index contributed by atoms with van der Waals surface area (Å²) in [4.78, 5) is 0. The van der Waals surface area contributed by atoms with Crippen LogP contribution in [0.2, 0.25) is 5.28 Å². The van der Waals surface area contributed by atoms with Crippen molar-refractivity contribution in [3.8, 4) is 0 Å². The van der Waals surface area contributed by atoms with E-state index in [-0.39, 0.29) is 18.5 Å². The monoisotopic (exact) mass is 172 g/mol. The fraction of sp³-hybridized carbons (Fsp3) is 1.00. The van der Waals surface area contributed by atoms with E-state index in [0.29, 0.717) is 0 Å². The van der Waals surface area contributed by atoms with Crippen LogP contribution in [0.15, 0.2) is 0 Å². The van der Waals surface area contributed by atoms with Crippen LogP contribution in [0.1, 0.15) is 27.7 Å². The van der Waals surface area contributed by atoms with Crippen LogP contribution in [-0.2, 0) is 9.47 Å². The van der Waals surface area contributed by atoms with Gasteiger partial charge in [0, 0.05) is 0 Å². The van der Waals surface area contributed by atoms with Crippen molar-refractivity contribution in [2.75, 3.05) is 0 Å². The number of hydrogen-bond acceptors (Lipinski definition) is 2. The summed E-state index contributed by atoms with van der Waals surface area (Å²) in [6, 6.07) is 0. The summed E-state index contributed by atoms with van der Waals surface area (Å²) >= 11 is 2.62. The van der Waals surface area contributed by atoms with Gasteiger partial charge in [0.25, 0.3) is 0 Å². The zero-order chi connectivity index (χ0) is 8.85. The van der Waals surface area contributed by atoms with E-state index in [0.717, 1.165) is 5.28 Å². The van der Waals surface area contributed by atoms with Gasteiger partial charge >= 0.3 is 77.2 Å². The molecule has 11 heavy (non-hydrogen) atoms. The molecule has 62 valence electrons. The van der Waals surface area contributed by atoms with Gasteiger partial charge in [-0.3, -0.25) is 0 Å². The van der Waals surface area contributed by atoms with Crippen LogP contribution in [0.3, 0.4) is 0 Å². The van der Waals surface area contributed by atoms with Gasteiger partial charge in [-0.1, -0.05) is 0 Å². The number of hydrogen-bond donors (Lipinski definition) is 0. The summed E-state index contributed by atoms with van der Waals surface area (Å²) in [6.07, 6.45) is 0.401. The van der Waals surface area contributed by atoms with Gasteiger partial charge in [0.1, 0.15) is 0 Å². The molecule has 0 fully saturated rings. The van der Waals surface area contributed by atoms with Crippen LogP contribution < -0.4 is 0 Å². The molecule has 0 bridgehead atoms. The van der Waals surface area contributed by atoms with Gasteiger partial charge in [0.2, 0.25) is 0 Å². The first-order valence-electron chi connectivity index (χ1n) is 4.07. The normalized spacial score (nSPS) is 12.1. The molecule has 0 atom stereocenters. The molecule has 0 aromatic carbocycles. The fourth-order valence-electron chi connectivity index (χ4n) is 0.750. The molecule has 0 saturated carbocycles. The maximum atomic E-state index is 5.47. The van der Waals surface area contributed by atoms with Crippen molar-refractivity contribution in [3.63, 3.8) is 0 Å². The second kappa shape index (κ2) is 6.02. The molecular formula is C8H17AlO2+2. The van der Waals surface area contributed by atoms with E-state index in [1.54, 1.807) is 0 Å². The summed E-state index contributed by atoms with van der Waals surface area (Å²) < 4.78 is 10.9. The Morgan fingerprint density at radius 1 is 1.00 bits per heavy atom. The number of ether oxygens (including phenoxy) is 2. The van der Waals surface area contributed by atoms with Crippen molar-refractivity contribution in [1.82, 2.24) is 0 Å². The van der Waals surface area contributed by atoms with E-state index >= 15 is 0 Å². The predicted molar refractivity (Wildman–Crippen MR) is 46.8 cm³/mol. The minimum atomic E-state index is -0.0694. The molecule has 2 nitrogen and oxygen atoms in total. The van der Waals surface area contributed by atoms with Crippen LogP contribution in [0.4, 0.5) is 0 Å². The zero-order valence-corrected chi connectivity index (χ0v) is 8.99. The standard InChI is InChI=1S/C8H17O2.Al/c1-6(2)9-8(5)10-7(3)4;/h6-8H,5H2,1-4H3;/q;+2. The molecule has 0 saturated heterocycles. The Bertz CT molecular complexity index is 84.1. The van der Waals surface area contributed by atoms with E-state index < -0.39 is 0 Å². The summed E-state index contributed by atoms with van der Waals surface area (Å²) in [6.45, 7) is 8.04. The summed E-state index contributed by atoms with van der Waals surface area (Å²) in [5.74, 6) is 0. The molecule has 0 N–H and O–H groups in total. The fourth-order valence-corrected chi connectivity index (χ4v) is 0.973. The molecule has 0 aliphatic heterocycles. The minimum absolute atomic E-state index is 0.0694. The van der Waals surface area contributed by atoms with Gasteiger partial charge in [-0.05, 0) is 0 Å². The van der Waals surface area contributed by atoms with Crippen LogP contribution >= 0.6 is 0 Å². The first kappa shape index (κ1) is 11.5. The van der Waals surface area contributed by atoms with Crippen molar-refractivity contribution >= 4 is 16.3 Å². The third kappa shape index (κ3) is 6.84. The Labute approximate surface area is 77.7 Å². The quantitative estimate of drug-likeness (QED) is 0.464. The van der Waals surface area contributed by atoms with Crippen molar-refractivity contribution in [1.29, 1.82) is 0 Å². The van der Waals surface area contributed by atoms with Crippen LogP contribution in [0.5, 0.6) is 0 Å². The second-order valence-electron chi connectivity index (χ2n) is 3.03. The van der Waals surface area contributed by atoms with Gasteiger partial charge in [-0.15, -0.1) is 0 Å². The Hall–Kier alpha value is 0.452. The van der Waals surface area contributed by atoms with Gasteiger partial charge in [-0.2, -0.15) is 0 Å². The SMILES string of the molecule is CC(C)OC([CH2][Al+2])OC(C)C. The van der Waals surface area contributed by atoms with Crippen LogP contribution in [0.25, 0.3) is 0 Å². The van der Waals surface area contributed by atoms with E-state index in [1.807, 2.05) is 27.7 Å². The zero-order valence-electron chi connectivity index (χ0n) is 7.83. The predicted octanol–water partition coefficient (Wildman–Crippen LogP) is 1.75. The van der Waals surface area contributed by atoms with Crippen molar-refractivity contribution in [2.24, 2.45) is 0 Å². The molecule has 0 unspecified atom stereocenters. The topological polar surface area (TPSA) is 18.5 Å². The van der Waals surface area contributed by atoms with E-state index in [9.17, 15) is 0 Å². The molecule has 0 aliphatic carbocycles. The molecule has 0 spiro atoms. The molecule has 0 radical (unpaired) electrons. The maximum absolute atomic E-state index is 5.47. The summed E-state index contributed by atoms with van der Waals surface area (Å²) in [7, 11) is 0. The van der Waals surface area contributed by atoms with Crippen LogP contribution in [-0.4, -0.2) is 34.8 Å². The summed E-state index contributed by atoms with van der Waals surface area (Å²) in [5.41, 5.74) is 0. The first-order chi connectivity index (χ1) is 5.06. The Morgan fingerprint density at radius 3 is 1.55 bits per heavy atom. The van der Waals surface area contributed by atoms with Crippen molar-refractivity contribution in [3.05, 3.63) is 0 Å². The molecule has 0 aromatic rings. The molecular weight excluding hydrogens is 155 g/mol. The molecule has 0 amide bonds. The second-order valence-corrected chi connectivity index (χ2v) is 3.51. The first-order valence-corrected chi connectivity index (χ1v) is 4.89. The van der Waals surface area contributed by atoms with Crippen molar-refractivity contribution < 1.29 is 9.47 Å². The van der Waals surface area contributed by atoms with Gasteiger partial charge in [-0.25, -0.2) is 0 Å². The molecule has 3 heteroatoms. The summed E-state index contributed by atoms with van der Waals surface area (Å²) in [5, 5.41) is 0.830. The molecule has 0 aliphatic rings. The molecule has 0 rings (SSSR count). The van der Waals surface area contributed by atoms with Crippen LogP contribution in [0, 0.1) is 0 Å². The third-order valence-corrected chi connectivity index (χ3v) is 1.43. The molecule has 0 heterocycles. The molecule has 0 aromatic heterocycles.